The molecule has 2 rings (SSSR count). The van der Waals surface area contributed by atoms with Crippen LogP contribution in [0.4, 0.5) is 5.69 Å². The summed E-state index contributed by atoms with van der Waals surface area (Å²) < 4.78 is 6.10. The Morgan fingerprint density at radius 1 is 1.20 bits per heavy atom. The van der Waals surface area contributed by atoms with Crippen molar-refractivity contribution in [1.82, 2.24) is 0 Å². The van der Waals surface area contributed by atoms with Crippen LogP contribution in [0.5, 0.6) is 5.75 Å². The van der Waals surface area contributed by atoms with Crippen LogP contribution in [0.2, 0.25) is 0 Å². The number of allylic oxidation sites excluding steroid dienone is 2. The van der Waals surface area contributed by atoms with Crippen molar-refractivity contribution >= 4 is 33.6 Å². The molecule has 4 nitrogen and oxygen atoms in total. The molecule has 1 N–H and O–H groups in total. The molecule has 0 bridgehead atoms. The highest BCUT2D eigenvalue weighted by Gasteiger charge is 2.12. The molecule has 0 fully saturated rings. The summed E-state index contributed by atoms with van der Waals surface area (Å²) in [5.74, 6) is 0.0718. The molecule has 0 unspecified atom stereocenters. The Hall–Kier alpha value is -2.84. The largest absolute Gasteiger partial charge is 0.492 e. The summed E-state index contributed by atoms with van der Waals surface area (Å²) in [6.45, 7) is 2.35. The predicted molar refractivity (Wildman–Crippen MR) is 103 cm³/mol. The lowest BCUT2D eigenvalue weighted by molar-refractivity contribution is -0.112. The molecule has 25 heavy (non-hydrogen) atoms. The van der Waals surface area contributed by atoms with Crippen LogP contribution in [-0.2, 0) is 4.79 Å². The van der Waals surface area contributed by atoms with Gasteiger partial charge in [-0.05, 0) is 36.8 Å². The fourth-order valence-corrected chi connectivity index (χ4v) is 2.57. The Labute approximate surface area is 155 Å². The number of nitriles is 1. The van der Waals surface area contributed by atoms with Gasteiger partial charge in [-0.2, -0.15) is 5.26 Å². The molecule has 2 aromatic carbocycles. The Kier molecular flexibility index (Phi) is 7.00. The number of carbonyl (C=O) groups is 1. The second-order valence-electron chi connectivity index (χ2n) is 4.99. The van der Waals surface area contributed by atoms with Crippen molar-refractivity contribution in [1.29, 1.82) is 5.26 Å². The van der Waals surface area contributed by atoms with E-state index in [0.717, 1.165) is 5.56 Å². The molecule has 0 saturated carbocycles. The third-order valence-electron chi connectivity index (χ3n) is 3.19. The van der Waals surface area contributed by atoms with Crippen LogP contribution in [0.1, 0.15) is 12.5 Å². The summed E-state index contributed by atoms with van der Waals surface area (Å²) in [5, 5.41) is 12.0. The topological polar surface area (TPSA) is 62.1 Å². The highest BCUT2D eigenvalue weighted by Crippen LogP contribution is 2.24. The lowest BCUT2D eigenvalue weighted by Crippen LogP contribution is -2.14. The molecule has 0 aliphatic rings. The molecule has 0 saturated heterocycles. The zero-order chi connectivity index (χ0) is 18.1. The van der Waals surface area contributed by atoms with Gasteiger partial charge in [0.15, 0.2) is 0 Å². The first-order valence-corrected chi connectivity index (χ1v) is 8.50. The predicted octanol–water partition coefficient (Wildman–Crippen LogP) is 4.91. The zero-order valence-electron chi connectivity index (χ0n) is 13.7. The van der Waals surface area contributed by atoms with E-state index in [2.05, 4.69) is 21.2 Å². The quantitative estimate of drug-likeness (QED) is 0.428. The van der Waals surface area contributed by atoms with Gasteiger partial charge in [-0.25, -0.2) is 0 Å². The molecule has 0 radical (unpaired) electrons. The average molecular weight is 397 g/mol. The number of para-hydroxylation sites is 2. The third kappa shape index (κ3) is 5.63. The van der Waals surface area contributed by atoms with E-state index in [4.69, 9.17) is 4.74 Å². The van der Waals surface area contributed by atoms with Crippen molar-refractivity contribution in [2.75, 3.05) is 11.9 Å². The maximum atomic E-state index is 12.4. The van der Waals surface area contributed by atoms with Gasteiger partial charge in [-0.15, -0.1) is 0 Å². The molecule has 5 heteroatoms. The normalized spacial score (nSPS) is 11.6. The first kappa shape index (κ1) is 18.5. The summed E-state index contributed by atoms with van der Waals surface area (Å²) in [4.78, 5) is 12.4. The molecule has 2 aromatic rings. The minimum absolute atomic E-state index is 0.00893. The lowest BCUT2D eigenvalue weighted by atomic mass is 10.2. The first-order valence-electron chi connectivity index (χ1n) is 7.71. The van der Waals surface area contributed by atoms with Crippen molar-refractivity contribution in [3.05, 3.63) is 76.3 Å². The number of ether oxygens (including phenoxy) is 1. The minimum Gasteiger partial charge on any atom is -0.492 e. The van der Waals surface area contributed by atoms with Crippen molar-refractivity contribution in [3.63, 3.8) is 0 Å². The van der Waals surface area contributed by atoms with E-state index in [0.29, 0.717) is 22.5 Å². The summed E-state index contributed by atoms with van der Waals surface area (Å²) in [7, 11) is 0. The van der Waals surface area contributed by atoms with E-state index < -0.39 is 5.91 Å². The fourth-order valence-electron chi connectivity index (χ4n) is 2.08. The minimum atomic E-state index is -0.493. The number of halogens is 1. The van der Waals surface area contributed by atoms with Gasteiger partial charge in [0.1, 0.15) is 17.4 Å². The van der Waals surface area contributed by atoms with Crippen LogP contribution in [0.15, 0.2) is 70.7 Å². The number of benzene rings is 2. The monoisotopic (exact) mass is 396 g/mol. The van der Waals surface area contributed by atoms with Crippen LogP contribution in [-0.4, -0.2) is 12.5 Å². The molecule has 0 atom stereocenters. The van der Waals surface area contributed by atoms with Crippen LogP contribution in [0.3, 0.4) is 0 Å². The lowest BCUT2D eigenvalue weighted by Gasteiger charge is -2.10. The summed E-state index contributed by atoms with van der Waals surface area (Å²) in [5.41, 5.74) is 1.48. The maximum Gasteiger partial charge on any atom is 0.266 e. The van der Waals surface area contributed by atoms with Gasteiger partial charge in [0.05, 0.1) is 12.3 Å². The summed E-state index contributed by atoms with van der Waals surface area (Å²) >= 11 is 3.38. The number of hydrogen-bond acceptors (Lipinski definition) is 3. The van der Waals surface area contributed by atoms with E-state index in [-0.39, 0.29) is 5.57 Å². The Morgan fingerprint density at radius 3 is 2.56 bits per heavy atom. The molecule has 126 valence electrons. The first-order chi connectivity index (χ1) is 12.1. The maximum absolute atomic E-state index is 12.4. The smallest absolute Gasteiger partial charge is 0.266 e. The van der Waals surface area contributed by atoms with Gasteiger partial charge in [-0.3, -0.25) is 4.79 Å². The highest BCUT2D eigenvalue weighted by atomic mass is 79.9. The molecule has 0 heterocycles. The molecule has 0 aromatic heterocycles. The van der Waals surface area contributed by atoms with Crippen molar-refractivity contribution < 1.29 is 9.53 Å². The molecule has 0 spiro atoms. The van der Waals surface area contributed by atoms with E-state index in [1.807, 2.05) is 55.5 Å². The number of amides is 1. The summed E-state index contributed by atoms with van der Waals surface area (Å²) in [6.07, 6.45) is 3.32. The second kappa shape index (κ2) is 9.45. The van der Waals surface area contributed by atoms with Crippen molar-refractivity contribution in [2.45, 2.75) is 6.92 Å². The van der Waals surface area contributed by atoms with E-state index in [9.17, 15) is 10.1 Å². The number of hydrogen-bond donors (Lipinski definition) is 1. The number of nitrogens with one attached hydrogen (secondary N) is 1. The number of nitrogens with zero attached hydrogens (tertiary/aromatic N) is 1. The van der Waals surface area contributed by atoms with E-state index in [1.165, 1.54) is 6.08 Å². The number of carbonyl (C=O) groups excluding carboxylic acids is 1. The van der Waals surface area contributed by atoms with E-state index >= 15 is 0 Å². The number of anilines is 1. The molecule has 0 aliphatic carbocycles. The highest BCUT2D eigenvalue weighted by molar-refractivity contribution is 9.12. The van der Waals surface area contributed by atoms with Gasteiger partial charge in [-0.1, -0.05) is 58.4 Å². The van der Waals surface area contributed by atoms with E-state index in [1.54, 1.807) is 18.2 Å². The Morgan fingerprint density at radius 2 is 1.88 bits per heavy atom. The Bertz CT molecular complexity index is 836. The molecular weight excluding hydrogens is 380 g/mol. The van der Waals surface area contributed by atoms with Gasteiger partial charge in [0.2, 0.25) is 0 Å². The molecule has 1 amide bonds. The number of rotatable bonds is 6. The van der Waals surface area contributed by atoms with Gasteiger partial charge >= 0.3 is 0 Å². The fraction of sp³-hybridized carbons (Fsp3) is 0.100. The second-order valence-corrected chi connectivity index (χ2v) is 5.91. The SMILES string of the molecule is CCOc1ccccc1NC(=O)/C(C#N)=C/C(Br)=C/c1ccccc1. The molecule has 0 aliphatic heterocycles. The zero-order valence-corrected chi connectivity index (χ0v) is 15.3. The van der Waals surface area contributed by atoms with Crippen LogP contribution in [0, 0.1) is 11.3 Å². The standard InChI is InChI=1S/C20H17BrN2O2/c1-2-25-19-11-7-6-10-18(19)23-20(24)16(14-22)13-17(21)12-15-8-4-3-5-9-15/h3-13H,2H2,1H3,(H,23,24)/b16-13+,17-12-. The van der Waals surface area contributed by atoms with Crippen LogP contribution in [0.25, 0.3) is 6.08 Å². The van der Waals surface area contributed by atoms with Gasteiger partial charge < -0.3 is 10.1 Å². The average Bonchev–Trinajstić information content (AvgIpc) is 2.62. The van der Waals surface area contributed by atoms with Crippen molar-refractivity contribution in [2.24, 2.45) is 0 Å². The Balaban J connectivity index is 2.19. The summed E-state index contributed by atoms with van der Waals surface area (Å²) in [6, 6.07) is 18.6. The van der Waals surface area contributed by atoms with Crippen molar-refractivity contribution in [3.8, 4) is 11.8 Å². The van der Waals surface area contributed by atoms with Gasteiger partial charge in [0, 0.05) is 4.48 Å². The van der Waals surface area contributed by atoms with Crippen LogP contribution >= 0.6 is 15.9 Å². The van der Waals surface area contributed by atoms with Gasteiger partial charge in [0.25, 0.3) is 5.91 Å². The van der Waals surface area contributed by atoms with Crippen LogP contribution < -0.4 is 10.1 Å². The molecular formula is C20H17BrN2O2. The third-order valence-corrected chi connectivity index (χ3v) is 3.64.